The third-order valence-electron chi connectivity index (χ3n) is 1.66. The smallest absolute Gasteiger partial charge is 0.340 e. The fraction of sp³-hybridized carbons (Fsp3) is 0.375. The first-order valence-corrected chi connectivity index (χ1v) is 5.60. The Morgan fingerprint density at radius 3 is 2.60 bits per heavy atom. The van der Waals surface area contributed by atoms with Crippen molar-refractivity contribution < 1.29 is 18.0 Å². The van der Waals surface area contributed by atoms with E-state index in [4.69, 9.17) is 0 Å². The second-order valence-electron chi connectivity index (χ2n) is 2.83. The zero-order valence-corrected chi connectivity index (χ0v) is 9.96. The fourth-order valence-corrected chi connectivity index (χ4v) is 2.25. The maximum absolute atomic E-state index is 12.1. The van der Waals surface area contributed by atoms with Crippen LogP contribution in [0.15, 0.2) is 15.9 Å². The molecule has 1 N–H and O–H groups in total. The number of hydrogen-bond acceptors (Lipinski definition) is 2. The van der Waals surface area contributed by atoms with E-state index in [1.165, 1.54) is 0 Å². The van der Waals surface area contributed by atoms with E-state index in [0.29, 0.717) is 4.47 Å². The van der Waals surface area contributed by atoms with E-state index in [1.807, 2.05) is 5.32 Å². The van der Waals surface area contributed by atoms with Gasteiger partial charge >= 0.3 is 6.18 Å². The number of amides is 1. The molecule has 0 saturated heterocycles. The molecule has 0 radical (unpaired) electrons. The quantitative estimate of drug-likeness (QED) is 0.893. The molecule has 0 bridgehead atoms. The van der Waals surface area contributed by atoms with E-state index in [1.54, 1.807) is 11.4 Å². The van der Waals surface area contributed by atoms with Crippen molar-refractivity contribution in [2.24, 2.45) is 0 Å². The molecule has 0 aromatic carbocycles. The molecule has 84 valence electrons. The summed E-state index contributed by atoms with van der Waals surface area (Å²) in [5.74, 6) is -0.721. The van der Waals surface area contributed by atoms with Gasteiger partial charge < -0.3 is 5.32 Å². The summed E-state index contributed by atoms with van der Waals surface area (Å²) in [5, 5.41) is 3.50. The van der Waals surface area contributed by atoms with Crippen molar-refractivity contribution in [2.75, 3.05) is 0 Å². The van der Waals surface area contributed by atoms with Crippen LogP contribution in [0.3, 0.4) is 0 Å². The van der Waals surface area contributed by atoms with Crippen molar-refractivity contribution in [1.82, 2.24) is 5.32 Å². The van der Waals surface area contributed by atoms with Crippen molar-refractivity contribution in [3.63, 3.8) is 0 Å². The predicted octanol–water partition coefficient (Wildman–Crippen LogP) is 3.19. The molecule has 0 aliphatic rings. The molecule has 2 nitrogen and oxygen atoms in total. The van der Waals surface area contributed by atoms with Crippen molar-refractivity contribution in [2.45, 2.75) is 19.1 Å². The van der Waals surface area contributed by atoms with Crippen molar-refractivity contribution >= 4 is 33.2 Å². The van der Waals surface area contributed by atoms with Crippen LogP contribution in [-0.2, 0) is 0 Å². The lowest BCUT2D eigenvalue weighted by molar-refractivity contribution is -0.149. The van der Waals surface area contributed by atoms with Gasteiger partial charge in [0.05, 0.1) is 0 Å². The maximum atomic E-state index is 12.1. The second-order valence-corrected chi connectivity index (χ2v) is 4.60. The highest BCUT2D eigenvalue weighted by Crippen LogP contribution is 2.24. The average molecular weight is 302 g/mol. The number of halogens is 4. The fourth-order valence-electron chi connectivity index (χ4n) is 0.800. The molecule has 1 heterocycles. The summed E-state index contributed by atoms with van der Waals surface area (Å²) >= 11 is 4.16. The second kappa shape index (κ2) is 4.52. The molecule has 0 aliphatic heterocycles. The molecule has 1 amide bonds. The highest BCUT2D eigenvalue weighted by molar-refractivity contribution is 9.10. The first-order chi connectivity index (χ1) is 6.82. The van der Waals surface area contributed by atoms with Crippen LogP contribution in [0.25, 0.3) is 0 Å². The van der Waals surface area contributed by atoms with E-state index in [2.05, 4.69) is 15.9 Å². The van der Waals surface area contributed by atoms with Crippen LogP contribution in [0.4, 0.5) is 13.2 Å². The van der Waals surface area contributed by atoms with Crippen molar-refractivity contribution in [1.29, 1.82) is 0 Å². The zero-order valence-electron chi connectivity index (χ0n) is 7.56. The molecule has 1 atom stereocenters. The van der Waals surface area contributed by atoms with Crippen LogP contribution in [0.5, 0.6) is 0 Å². The molecule has 1 aromatic rings. The summed E-state index contributed by atoms with van der Waals surface area (Å²) in [6.07, 6.45) is -4.42. The van der Waals surface area contributed by atoms with Crippen LogP contribution in [0.1, 0.15) is 16.6 Å². The van der Waals surface area contributed by atoms with Gasteiger partial charge in [0.15, 0.2) is 0 Å². The summed E-state index contributed by atoms with van der Waals surface area (Å²) < 4.78 is 36.9. The minimum absolute atomic E-state index is 0.242. The maximum Gasteiger partial charge on any atom is 0.408 e. The molecule has 0 spiro atoms. The van der Waals surface area contributed by atoms with Crippen LogP contribution >= 0.6 is 27.3 Å². The van der Waals surface area contributed by atoms with Gasteiger partial charge in [-0.2, -0.15) is 13.2 Å². The SMILES string of the molecule is CC(NC(=O)c1sccc1Br)C(F)(F)F. The molecule has 0 fully saturated rings. The van der Waals surface area contributed by atoms with Crippen LogP contribution in [0.2, 0.25) is 0 Å². The highest BCUT2D eigenvalue weighted by Gasteiger charge is 2.37. The van der Waals surface area contributed by atoms with Gasteiger partial charge in [0, 0.05) is 4.47 Å². The Balaban J connectivity index is 2.69. The average Bonchev–Trinajstić information content (AvgIpc) is 2.49. The number of thiophene rings is 1. The van der Waals surface area contributed by atoms with Gasteiger partial charge in [-0.05, 0) is 34.3 Å². The van der Waals surface area contributed by atoms with Gasteiger partial charge in [0.25, 0.3) is 5.91 Å². The zero-order chi connectivity index (χ0) is 11.6. The van der Waals surface area contributed by atoms with E-state index in [9.17, 15) is 18.0 Å². The Bertz CT molecular complexity index is 363. The summed E-state index contributed by atoms with van der Waals surface area (Å²) in [6, 6.07) is -0.239. The van der Waals surface area contributed by atoms with Crippen molar-refractivity contribution in [3.8, 4) is 0 Å². The first-order valence-electron chi connectivity index (χ1n) is 3.93. The lowest BCUT2D eigenvalue weighted by Gasteiger charge is -2.16. The van der Waals surface area contributed by atoms with Gasteiger partial charge in [-0.3, -0.25) is 4.79 Å². The summed E-state index contributed by atoms with van der Waals surface area (Å²) in [7, 11) is 0. The number of carbonyl (C=O) groups excluding carboxylic acids is 1. The van der Waals surface area contributed by atoms with Crippen LogP contribution in [0, 0.1) is 0 Å². The summed E-state index contributed by atoms with van der Waals surface area (Å²) in [6.45, 7) is 0.902. The van der Waals surface area contributed by atoms with Gasteiger partial charge in [-0.15, -0.1) is 11.3 Å². The highest BCUT2D eigenvalue weighted by atomic mass is 79.9. The number of nitrogens with one attached hydrogen (secondary N) is 1. The Morgan fingerprint density at radius 2 is 2.20 bits per heavy atom. The molecule has 1 rings (SSSR count). The molecule has 1 unspecified atom stereocenters. The molecule has 1 aromatic heterocycles. The van der Waals surface area contributed by atoms with Gasteiger partial charge in [-0.25, -0.2) is 0 Å². The van der Waals surface area contributed by atoms with Crippen molar-refractivity contribution in [3.05, 3.63) is 20.8 Å². The lowest BCUT2D eigenvalue weighted by atomic mass is 10.3. The molecular weight excluding hydrogens is 295 g/mol. The normalized spacial score (nSPS) is 13.7. The third-order valence-corrected chi connectivity index (χ3v) is 3.50. The summed E-state index contributed by atoms with van der Waals surface area (Å²) in [5.41, 5.74) is 0. The molecular formula is C8H7BrF3NOS. The minimum atomic E-state index is -4.42. The standard InChI is InChI=1S/C8H7BrF3NOS/c1-4(8(10,11)12)13-7(14)6-5(9)2-3-15-6/h2-4H,1H3,(H,13,14). The van der Waals surface area contributed by atoms with E-state index < -0.39 is 18.1 Å². The van der Waals surface area contributed by atoms with Crippen LogP contribution < -0.4 is 5.32 Å². The first kappa shape index (κ1) is 12.5. The van der Waals surface area contributed by atoms with Gasteiger partial charge in [-0.1, -0.05) is 0 Å². The third kappa shape index (κ3) is 3.20. The number of carbonyl (C=O) groups is 1. The number of rotatable bonds is 2. The Kier molecular flexibility index (Phi) is 3.77. The monoisotopic (exact) mass is 301 g/mol. The van der Waals surface area contributed by atoms with E-state index >= 15 is 0 Å². The minimum Gasteiger partial charge on any atom is -0.340 e. The molecule has 0 saturated carbocycles. The van der Waals surface area contributed by atoms with Crippen LogP contribution in [-0.4, -0.2) is 18.1 Å². The van der Waals surface area contributed by atoms with Gasteiger partial charge in [0.1, 0.15) is 10.9 Å². The van der Waals surface area contributed by atoms with Gasteiger partial charge in [0.2, 0.25) is 0 Å². The van der Waals surface area contributed by atoms with E-state index in [-0.39, 0.29) is 4.88 Å². The van der Waals surface area contributed by atoms with E-state index in [0.717, 1.165) is 18.3 Å². The Hall–Kier alpha value is -0.560. The largest absolute Gasteiger partial charge is 0.408 e. The molecule has 7 heteroatoms. The summed E-state index contributed by atoms with van der Waals surface area (Å²) in [4.78, 5) is 11.6. The predicted molar refractivity (Wildman–Crippen MR) is 55.0 cm³/mol. The Morgan fingerprint density at radius 1 is 1.60 bits per heavy atom. The number of hydrogen-bond donors (Lipinski definition) is 1. The topological polar surface area (TPSA) is 29.1 Å². The molecule has 0 aliphatic carbocycles. The number of alkyl halides is 3. The lowest BCUT2D eigenvalue weighted by Crippen LogP contribution is -2.42. The Labute approximate surface area is 96.6 Å². The molecule has 15 heavy (non-hydrogen) atoms.